The fourth-order valence-corrected chi connectivity index (χ4v) is 1.92. The molecule has 0 saturated carbocycles. The zero-order valence-corrected chi connectivity index (χ0v) is 12.0. The quantitative estimate of drug-likeness (QED) is 0.671. The second-order valence-electron chi connectivity index (χ2n) is 4.03. The van der Waals surface area contributed by atoms with Crippen molar-refractivity contribution in [2.75, 3.05) is 13.7 Å². The zero-order chi connectivity index (χ0) is 12.8. The van der Waals surface area contributed by atoms with Crippen LogP contribution in [-0.4, -0.2) is 24.5 Å². The third-order valence-electron chi connectivity index (χ3n) is 2.60. The number of ether oxygens (including phenoxy) is 1. The number of hydrogen-bond acceptors (Lipinski definition) is 3. The first kappa shape index (κ1) is 14.2. The summed E-state index contributed by atoms with van der Waals surface area (Å²) in [6.07, 6.45) is 0. The number of halogens is 1. The lowest BCUT2D eigenvalue weighted by Crippen LogP contribution is -2.31. The van der Waals surface area contributed by atoms with Crippen molar-refractivity contribution >= 4 is 21.9 Å². The number of aryl methyl sites for hydroxylation is 1. The molecule has 0 saturated heterocycles. The molecular weight excluding hydrogens is 282 g/mol. The molecule has 1 aromatic rings. The van der Waals surface area contributed by atoms with E-state index in [2.05, 4.69) is 58.0 Å². The van der Waals surface area contributed by atoms with E-state index in [1.807, 2.05) is 6.07 Å². The van der Waals surface area contributed by atoms with E-state index in [9.17, 15) is 4.79 Å². The molecule has 0 radical (unpaired) electrons. The van der Waals surface area contributed by atoms with E-state index in [1.165, 1.54) is 18.2 Å². The molecule has 0 aliphatic rings. The first-order chi connectivity index (χ1) is 8.04. The maximum absolute atomic E-state index is 11.2. The maximum atomic E-state index is 11.2. The number of rotatable bonds is 5. The van der Waals surface area contributed by atoms with Crippen LogP contribution in [-0.2, 0) is 9.53 Å². The molecule has 1 N–H and O–H groups in total. The van der Waals surface area contributed by atoms with E-state index >= 15 is 0 Å². The Hall–Kier alpha value is -0.870. The molecule has 0 fully saturated rings. The Kier molecular flexibility index (Phi) is 5.65. The highest BCUT2D eigenvalue weighted by Gasteiger charge is 2.16. The molecule has 17 heavy (non-hydrogen) atoms. The molecule has 2 atom stereocenters. The summed E-state index contributed by atoms with van der Waals surface area (Å²) in [7, 11) is 1.39. The second-order valence-corrected chi connectivity index (χ2v) is 5.14. The van der Waals surface area contributed by atoms with Gasteiger partial charge in [0.25, 0.3) is 0 Å². The third kappa shape index (κ3) is 4.48. The molecular formula is C13H18BrNO2. The van der Waals surface area contributed by atoms with E-state index < -0.39 is 0 Å². The minimum absolute atomic E-state index is 0.208. The summed E-state index contributed by atoms with van der Waals surface area (Å²) in [6, 6.07) is 8.53. The minimum Gasteiger partial charge on any atom is -0.468 e. The van der Waals surface area contributed by atoms with Crippen molar-refractivity contribution in [3.8, 4) is 0 Å². The lowest BCUT2D eigenvalue weighted by Gasteiger charge is -2.16. The maximum Gasteiger partial charge on any atom is 0.320 e. The predicted molar refractivity (Wildman–Crippen MR) is 72.3 cm³/mol. The topological polar surface area (TPSA) is 38.3 Å². The number of nitrogens with one attached hydrogen (secondary N) is 1. The van der Waals surface area contributed by atoms with Crippen LogP contribution in [0.1, 0.15) is 24.1 Å². The number of carbonyl (C=O) groups is 1. The fraction of sp³-hybridized carbons (Fsp3) is 0.462. The highest BCUT2D eigenvalue weighted by molar-refractivity contribution is 9.10. The van der Waals surface area contributed by atoms with E-state index in [1.54, 1.807) is 0 Å². The van der Waals surface area contributed by atoms with Gasteiger partial charge in [-0.05, 0) is 19.4 Å². The number of alkyl halides is 1. The number of methoxy groups -OCH3 is 1. The van der Waals surface area contributed by atoms with Gasteiger partial charge in [0.2, 0.25) is 0 Å². The van der Waals surface area contributed by atoms with Crippen LogP contribution in [0.25, 0.3) is 0 Å². The van der Waals surface area contributed by atoms with Crippen LogP contribution in [0.4, 0.5) is 0 Å². The number of benzene rings is 1. The van der Waals surface area contributed by atoms with Gasteiger partial charge in [0.15, 0.2) is 0 Å². The first-order valence-electron chi connectivity index (χ1n) is 5.56. The number of esters is 1. The molecule has 3 nitrogen and oxygen atoms in total. The van der Waals surface area contributed by atoms with E-state index in [0.29, 0.717) is 6.54 Å². The molecule has 0 bridgehead atoms. The van der Waals surface area contributed by atoms with Crippen molar-refractivity contribution in [1.82, 2.24) is 5.32 Å². The van der Waals surface area contributed by atoms with Crippen LogP contribution in [0.2, 0.25) is 0 Å². The van der Waals surface area contributed by atoms with Crippen LogP contribution in [0.15, 0.2) is 24.3 Å². The average molecular weight is 300 g/mol. The molecule has 0 aliphatic carbocycles. The first-order valence-corrected chi connectivity index (χ1v) is 6.48. The summed E-state index contributed by atoms with van der Waals surface area (Å²) in [5, 5.41) is 3.29. The highest BCUT2D eigenvalue weighted by atomic mass is 79.9. The molecule has 1 aromatic carbocycles. The Morgan fingerprint density at radius 3 is 2.82 bits per heavy atom. The minimum atomic E-state index is -0.306. The van der Waals surface area contributed by atoms with Crippen LogP contribution < -0.4 is 5.32 Å². The monoisotopic (exact) mass is 299 g/mol. The molecule has 0 amide bonds. The van der Waals surface area contributed by atoms with Gasteiger partial charge in [-0.25, -0.2) is 0 Å². The summed E-state index contributed by atoms with van der Waals surface area (Å²) in [6.45, 7) is 4.69. The van der Waals surface area contributed by atoms with Crippen molar-refractivity contribution in [2.24, 2.45) is 0 Å². The van der Waals surface area contributed by atoms with E-state index in [0.717, 1.165) is 0 Å². The van der Waals surface area contributed by atoms with Gasteiger partial charge in [-0.15, -0.1) is 0 Å². The van der Waals surface area contributed by atoms with Gasteiger partial charge < -0.3 is 10.1 Å². The Morgan fingerprint density at radius 1 is 1.53 bits per heavy atom. The summed E-state index contributed by atoms with van der Waals surface area (Å²) >= 11 is 3.28. The average Bonchev–Trinajstić information content (AvgIpc) is 2.34. The predicted octanol–water partition coefficient (Wildman–Crippen LogP) is 2.58. The zero-order valence-electron chi connectivity index (χ0n) is 10.4. The number of hydrogen-bond donors (Lipinski definition) is 1. The Balaban J connectivity index is 2.50. The molecule has 0 spiro atoms. The fourth-order valence-electron chi connectivity index (χ4n) is 1.55. The van der Waals surface area contributed by atoms with Crippen molar-refractivity contribution in [2.45, 2.75) is 24.7 Å². The second kappa shape index (κ2) is 6.77. The van der Waals surface area contributed by atoms with Gasteiger partial charge in [-0.2, -0.15) is 0 Å². The molecule has 94 valence electrons. The van der Waals surface area contributed by atoms with Gasteiger partial charge in [-0.3, -0.25) is 4.79 Å². The van der Waals surface area contributed by atoms with Gasteiger partial charge in [0.05, 0.1) is 7.11 Å². The summed E-state index contributed by atoms with van der Waals surface area (Å²) < 4.78 is 4.64. The van der Waals surface area contributed by atoms with Gasteiger partial charge in [0, 0.05) is 12.6 Å². The normalized spacial score (nSPS) is 14.1. The van der Waals surface area contributed by atoms with E-state index in [-0.39, 0.29) is 16.8 Å². The van der Waals surface area contributed by atoms with Gasteiger partial charge >= 0.3 is 5.97 Å². The van der Waals surface area contributed by atoms with Crippen molar-refractivity contribution in [1.29, 1.82) is 0 Å². The van der Waals surface area contributed by atoms with Crippen molar-refractivity contribution < 1.29 is 9.53 Å². The molecule has 1 unspecified atom stereocenters. The molecule has 1 rings (SSSR count). The summed E-state index contributed by atoms with van der Waals surface area (Å²) in [5.74, 6) is -0.256. The van der Waals surface area contributed by atoms with Crippen LogP contribution >= 0.6 is 15.9 Å². The van der Waals surface area contributed by atoms with Crippen LogP contribution in [0.3, 0.4) is 0 Å². The third-order valence-corrected chi connectivity index (χ3v) is 3.30. The molecule has 0 aromatic heterocycles. The van der Waals surface area contributed by atoms with E-state index in [4.69, 9.17) is 0 Å². The van der Waals surface area contributed by atoms with Gasteiger partial charge in [0.1, 0.15) is 4.83 Å². The Morgan fingerprint density at radius 2 is 2.24 bits per heavy atom. The largest absolute Gasteiger partial charge is 0.468 e. The van der Waals surface area contributed by atoms with Crippen molar-refractivity contribution in [3.05, 3.63) is 35.4 Å². The Bertz CT molecular complexity index is 381. The lowest BCUT2D eigenvalue weighted by atomic mass is 10.1. The van der Waals surface area contributed by atoms with Crippen molar-refractivity contribution in [3.63, 3.8) is 0 Å². The lowest BCUT2D eigenvalue weighted by molar-refractivity contribution is -0.139. The summed E-state index contributed by atoms with van der Waals surface area (Å²) in [5.41, 5.74) is 2.45. The molecule has 0 aliphatic heterocycles. The molecule has 4 heteroatoms. The highest BCUT2D eigenvalue weighted by Crippen LogP contribution is 2.14. The molecule has 0 heterocycles. The smallest absolute Gasteiger partial charge is 0.320 e. The SMILES string of the molecule is COC(=O)C(Br)CN[C@H](C)c1cccc(C)c1. The van der Waals surface area contributed by atoms with Gasteiger partial charge in [-0.1, -0.05) is 45.8 Å². The van der Waals surface area contributed by atoms with Crippen LogP contribution in [0.5, 0.6) is 0 Å². The Labute approximate surface area is 111 Å². The standard InChI is InChI=1S/C13H18BrNO2/c1-9-5-4-6-11(7-9)10(2)15-8-12(14)13(16)17-3/h4-7,10,12,15H,8H2,1-3H3/t10-,12?/m1/s1. The number of carbonyl (C=O) groups excluding carboxylic acids is 1. The van der Waals surface area contributed by atoms with Crippen LogP contribution in [0, 0.1) is 6.92 Å². The summed E-state index contributed by atoms with van der Waals surface area (Å²) in [4.78, 5) is 10.9.